The molecule has 0 fully saturated rings. The summed E-state index contributed by atoms with van der Waals surface area (Å²) >= 11 is 0. The van der Waals surface area contributed by atoms with Crippen LogP contribution in [-0.2, 0) is 0 Å². The number of carbonyl (C=O) groups is 2. The van der Waals surface area contributed by atoms with Crippen molar-refractivity contribution in [1.29, 1.82) is 0 Å². The molecule has 0 aliphatic rings. The highest BCUT2D eigenvalue weighted by molar-refractivity contribution is 6.05. The molecular formula is C22H24N2O4. The van der Waals surface area contributed by atoms with Gasteiger partial charge in [0.1, 0.15) is 11.5 Å². The van der Waals surface area contributed by atoms with Crippen LogP contribution in [0.5, 0.6) is 11.5 Å². The maximum absolute atomic E-state index is 12.0. The molecule has 0 amide bonds. The van der Waals surface area contributed by atoms with Gasteiger partial charge in [-0.1, -0.05) is 0 Å². The first kappa shape index (κ1) is 20.8. The van der Waals surface area contributed by atoms with Crippen molar-refractivity contribution in [3.05, 3.63) is 84.2 Å². The van der Waals surface area contributed by atoms with E-state index in [4.69, 9.17) is 9.47 Å². The van der Waals surface area contributed by atoms with Gasteiger partial charge in [0.2, 0.25) is 0 Å². The molecule has 0 saturated carbocycles. The van der Waals surface area contributed by atoms with Crippen LogP contribution in [0.25, 0.3) is 0 Å². The first-order valence-corrected chi connectivity index (χ1v) is 8.80. The lowest BCUT2D eigenvalue weighted by Gasteiger charge is -2.02. The second-order valence-electron chi connectivity index (χ2n) is 5.76. The zero-order valence-electron chi connectivity index (χ0n) is 16.0. The molecule has 2 rings (SSSR count). The molecule has 6 nitrogen and oxygen atoms in total. The second kappa shape index (κ2) is 11.2. The van der Waals surface area contributed by atoms with Crippen LogP contribution in [0.2, 0.25) is 0 Å². The first-order valence-electron chi connectivity index (χ1n) is 8.80. The molecule has 2 N–H and O–H groups in total. The fourth-order valence-electron chi connectivity index (χ4n) is 2.28. The molecule has 0 aliphatic heterocycles. The number of carbonyl (C=O) groups excluding carboxylic acids is 2. The molecule has 2 aromatic carbocycles. The number of hydrogen-bond donors (Lipinski definition) is 2. The fraction of sp³-hybridized carbons (Fsp3) is 0.182. The molecule has 6 heteroatoms. The SMILES string of the molecule is COc1ccc(C(=O)/C=C/NCCN/C=C/C(=O)c2ccc(OC)cc2)cc1. The summed E-state index contributed by atoms with van der Waals surface area (Å²) in [5.41, 5.74) is 1.19. The van der Waals surface area contributed by atoms with E-state index < -0.39 is 0 Å². The Labute approximate surface area is 164 Å². The van der Waals surface area contributed by atoms with Gasteiger partial charge in [0.05, 0.1) is 14.2 Å². The van der Waals surface area contributed by atoms with Gasteiger partial charge < -0.3 is 20.1 Å². The van der Waals surface area contributed by atoms with Gasteiger partial charge in [-0.25, -0.2) is 0 Å². The normalized spacial score (nSPS) is 10.8. The summed E-state index contributed by atoms with van der Waals surface area (Å²) in [5, 5.41) is 6.04. The van der Waals surface area contributed by atoms with Crippen molar-refractivity contribution in [3.63, 3.8) is 0 Å². The van der Waals surface area contributed by atoms with Crippen molar-refractivity contribution in [1.82, 2.24) is 10.6 Å². The Morgan fingerprint density at radius 2 is 1.07 bits per heavy atom. The average Bonchev–Trinajstić information content (AvgIpc) is 2.75. The number of benzene rings is 2. The van der Waals surface area contributed by atoms with E-state index in [9.17, 15) is 9.59 Å². The molecule has 0 aromatic heterocycles. The van der Waals surface area contributed by atoms with Gasteiger partial charge in [-0.15, -0.1) is 0 Å². The second-order valence-corrected chi connectivity index (χ2v) is 5.76. The monoisotopic (exact) mass is 380 g/mol. The minimum atomic E-state index is -0.0897. The van der Waals surface area contributed by atoms with Crippen molar-refractivity contribution < 1.29 is 19.1 Å². The van der Waals surface area contributed by atoms with Crippen LogP contribution in [0, 0.1) is 0 Å². The van der Waals surface area contributed by atoms with Crippen molar-refractivity contribution in [2.45, 2.75) is 0 Å². The minimum absolute atomic E-state index is 0.0897. The van der Waals surface area contributed by atoms with Gasteiger partial charge in [-0.2, -0.15) is 0 Å². The number of rotatable bonds is 11. The third-order valence-electron chi connectivity index (χ3n) is 3.87. The Hall–Kier alpha value is -3.54. The van der Waals surface area contributed by atoms with Crippen LogP contribution in [0.3, 0.4) is 0 Å². The maximum Gasteiger partial charge on any atom is 0.187 e. The Bertz CT molecular complexity index is 753. The fourth-order valence-corrected chi connectivity index (χ4v) is 2.28. The van der Waals surface area contributed by atoms with E-state index in [0.29, 0.717) is 35.7 Å². The van der Waals surface area contributed by atoms with E-state index in [-0.39, 0.29) is 11.6 Å². The molecule has 0 radical (unpaired) electrons. The molecule has 0 saturated heterocycles. The zero-order valence-corrected chi connectivity index (χ0v) is 16.0. The van der Waals surface area contributed by atoms with E-state index in [1.807, 2.05) is 0 Å². The molecule has 0 aliphatic carbocycles. The maximum atomic E-state index is 12.0. The molecule has 0 spiro atoms. The van der Waals surface area contributed by atoms with Crippen molar-refractivity contribution in [2.24, 2.45) is 0 Å². The molecule has 146 valence electrons. The Morgan fingerprint density at radius 1 is 0.714 bits per heavy atom. The highest BCUT2D eigenvalue weighted by Gasteiger charge is 2.02. The molecule has 0 heterocycles. The first-order chi connectivity index (χ1) is 13.6. The van der Waals surface area contributed by atoms with Crippen LogP contribution in [-0.4, -0.2) is 38.9 Å². The van der Waals surface area contributed by atoms with Gasteiger partial charge in [-0.3, -0.25) is 9.59 Å². The smallest absolute Gasteiger partial charge is 0.187 e. The molecule has 28 heavy (non-hydrogen) atoms. The van der Waals surface area contributed by atoms with Crippen LogP contribution < -0.4 is 20.1 Å². The largest absolute Gasteiger partial charge is 0.497 e. The molecule has 0 bridgehead atoms. The number of methoxy groups -OCH3 is 2. The lowest BCUT2D eigenvalue weighted by molar-refractivity contribution is 0.103. The van der Waals surface area contributed by atoms with Crippen LogP contribution in [0.1, 0.15) is 20.7 Å². The number of ketones is 2. The van der Waals surface area contributed by atoms with Crippen molar-refractivity contribution in [2.75, 3.05) is 27.3 Å². The Kier molecular flexibility index (Phi) is 8.33. The number of nitrogens with one attached hydrogen (secondary N) is 2. The average molecular weight is 380 g/mol. The lowest BCUT2D eigenvalue weighted by atomic mass is 10.1. The third kappa shape index (κ3) is 6.64. The molecular weight excluding hydrogens is 356 g/mol. The van der Waals surface area contributed by atoms with E-state index in [2.05, 4.69) is 10.6 Å². The number of allylic oxidation sites excluding steroid dienone is 2. The Morgan fingerprint density at radius 3 is 1.39 bits per heavy atom. The van der Waals surface area contributed by atoms with E-state index >= 15 is 0 Å². The summed E-state index contributed by atoms with van der Waals surface area (Å²) in [6.45, 7) is 1.21. The van der Waals surface area contributed by atoms with E-state index in [1.54, 1.807) is 75.2 Å². The van der Waals surface area contributed by atoms with Gasteiger partial charge >= 0.3 is 0 Å². The summed E-state index contributed by atoms with van der Waals surface area (Å²) in [6.07, 6.45) is 6.18. The van der Waals surface area contributed by atoms with Gasteiger partial charge in [0.15, 0.2) is 11.6 Å². The highest BCUT2D eigenvalue weighted by Crippen LogP contribution is 2.12. The van der Waals surface area contributed by atoms with E-state index in [1.165, 1.54) is 12.2 Å². The third-order valence-corrected chi connectivity index (χ3v) is 3.87. The van der Waals surface area contributed by atoms with Crippen LogP contribution in [0.4, 0.5) is 0 Å². The standard InChI is InChI=1S/C22H24N2O4/c1-27-19-7-3-17(4-8-19)21(25)11-13-23-15-16-24-14-12-22(26)18-5-9-20(28-2)10-6-18/h3-14,23-24H,15-16H2,1-2H3/b13-11+,14-12+. The predicted octanol–water partition coefficient (Wildman–Crippen LogP) is 2.98. The Balaban J connectivity index is 1.65. The predicted molar refractivity (Wildman–Crippen MR) is 109 cm³/mol. The van der Waals surface area contributed by atoms with Crippen molar-refractivity contribution in [3.8, 4) is 11.5 Å². The minimum Gasteiger partial charge on any atom is -0.497 e. The summed E-state index contributed by atoms with van der Waals surface area (Å²) in [7, 11) is 3.16. The van der Waals surface area contributed by atoms with Gasteiger partial charge in [0, 0.05) is 48.8 Å². The molecule has 2 aromatic rings. The summed E-state index contributed by atoms with van der Waals surface area (Å²) in [5.74, 6) is 1.24. The topological polar surface area (TPSA) is 76.7 Å². The highest BCUT2D eigenvalue weighted by atomic mass is 16.5. The summed E-state index contributed by atoms with van der Waals surface area (Å²) in [4.78, 5) is 24.0. The van der Waals surface area contributed by atoms with Crippen LogP contribution >= 0.6 is 0 Å². The molecule has 0 atom stereocenters. The zero-order chi connectivity index (χ0) is 20.2. The van der Waals surface area contributed by atoms with Crippen molar-refractivity contribution >= 4 is 11.6 Å². The number of hydrogen-bond acceptors (Lipinski definition) is 6. The number of ether oxygens (including phenoxy) is 2. The quantitative estimate of drug-likeness (QED) is 0.355. The lowest BCUT2D eigenvalue weighted by Crippen LogP contribution is -2.20. The molecule has 0 unspecified atom stereocenters. The van der Waals surface area contributed by atoms with E-state index in [0.717, 1.165) is 0 Å². The van der Waals surface area contributed by atoms with Gasteiger partial charge in [-0.05, 0) is 48.5 Å². The van der Waals surface area contributed by atoms with Gasteiger partial charge in [0.25, 0.3) is 0 Å². The summed E-state index contributed by atoms with van der Waals surface area (Å²) in [6, 6.07) is 13.9. The van der Waals surface area contributed by atoms with Crippen LogP contribution in [0.15, 0.2) is 73.1 Å². The summed E-state index contributed by atoms with van der Waals surface area (Å²) < 4.78 is 10.1.